The molecule has 0 radical (unpaired) electrons. The zero-order valence-electron chi connectivity index (χ0n) is 16.0. The molecule has 0 aliphatic carbocycles. The molecule has 1 unspecified atom stereocenters. The van der Waals surface area contributed by atoms with Gasteiger partial charge in [0.2, 0.25) is 0 Å². The van der Waals surface area contributed by atoms with Crippen molar-refractivity contribution in [1.82, 2.24) is 5.32 Å². The minimum Gasteiger partial charge on any atom is -0.467 e. The number of ether oxygens (including phenoxy) is 1. The molecule has 0 aromatic heterocycles. The van der Waals surface area contributed by atoms with Crippen molar-refractivity contribution < 1.29 is 23.1 Å². The van der Waals surface area contributed by atoms with E-state index < -0.39 is 17.8 Å². The van der Waals surface area contributed by atoms with Gasteiger partial charge in [-0.3, -0.25) is 4.79 Å². The summed E-state index contributed by atoms with van der Waals surface area (Å²) in [6.45, 7) is 0. The summed E-state index contributed by atoms with van der Waals surface area (Å²) in [6, 6.07) is 21.5. The molecule has 0 aliphatic heterocycles. The summed E-state index contributed by atoms with van der Waals surface area (Å²) in [5.41, 5.74) is 2.71. The summed E-state index contributed by atoms with van der Waals surface area (Å²) in [4.78, 5) is 25.2. The van der Waals surface area contributed by atoms with E-state index in [1.165, 1.54) is 7.11 Å². The highest BCUT2D eigenvalue weighted by atomic mass is 32.2. The minimum absolute atomic E-state index is 0.387. The first kappa shape index (κ1) is 21.5. The number of alkyl halides is 2. The summed E-state index contributed by atoms with van der Waals surface area (Å²) in [6.07, 6.45) is 0. The summed E-state index contributed by atoms with van der Waals surface area (Å²) >= 11 is 0.493. The maximum Gasteiger partial charge on any atom is 0.333 e. The van der Waals surface area contributed by atoms with Gasteiger partial charge < -0.3 is 10.1 Å². The first-order chi connectivity index (χ1) is 14.5. The Morgan fingerprint density at radius 3 is 1.97 bits per heavy atom. The monoisotopic (exact) mass is 427 g/mol. The number of rotatable bonds is 7. The Labute approximate surface area is 177 Å². The lowest BCUT2D eigenvalue weighted by molar-refractivity contribution is -0.143. The molecule has 0 saturated heterocycles. The van der Waals surface area contributed by atoms with E-state index in [4.69, 9.17) is 4.74 Å². The molecule has 7 heteroatoms. The molecular weight excluding hydrogens is 408 g/mol. The third-order valence-electron chi connectivity index (χ3n) is 4.41. The van der Waals surface area contributed by atoms with Crippen molar-refractivity contribution in [3.8, 4) is 11.1 Å². The number of methoxy groups -OCH3 is 1. The molecule has 3 aromatic carbocycles. The topological polar surface area (TPSA) is 55.4 Å². The molecular formula is C23H19F2NO3S. The van der Waals surface area contributed by atoms with Gasteiger partial charge in [0.05, 0.1) is 7.11 Å². The maximum absolute atomic E-state index is 12.5. The fraction of sp³-hybridized carbons (Fsp3) is 0.130. The smallest absolute Gasteiger partial charge is 0.333 e. The number of halogens is 2. The normalized spacial score (nSPS) is 11.7. The second-order valence-corrected chi connectivity index (χ2v) is 7.38. The van der Waals surface area contributed by atoms with Gasteiger partial charge in [0, 0.05) is 10.5 Å². The first-order valence-corrected chi connectivity index (χ1v) is 9.95. The van der Waals surface area contributed by atoms with Crippen molar-refractivity contribution >= 4 is 23.6 Å². The van der Waals surface area contributed by atoms with Gasteiger partial charge >= 0.3 is 5.97 Å². The van der Waals surface area contributed by atoms with E-state index in [0.717, 1.165) is 11.1 Å². The average molecular weight is 427 g/mol. The van der Waals surface area contributed by atoms with Crippen molar-refractivity contribution in [3.05, 3.63) is 90.0 Å². The number of carbonyl (C=O) groups is 2. The Balaban J connectivity index is 1.78. The number of esters is 1. The number of amides is 1. The van der Waals surface area contributed by atoms with Crippen LogP contribution in [-0.4, -0.2) is 24.7 Å². The molecule has 1 N–H and O–H groups in total. The van der Waals surface area contributed by atoms with Crippen LogP contribution in [0, 0.1) is 0 Å². The van der Waals surface area contributed by atoms with Gasteiger partial charge in [0.25, 0.3) is 11.7 Å². The van der Waals surface area contributed by atoms with Crippen molar-refractivity contribution in [1.29, 1.82) is 0 Å². The highest BCUT2D eigenvalue weighted by Gasteiger charge is 2.24. The molecule has 30 heavy (non-hydrogen) atoms. The summed E-state index contributed by atoms with van der Waals surface area (Å²) < 4.78 is 29.8. The maximum atomic E-state index is 12.5. The van der Waals surface area contributed by atoms with Crippen LogP contribution in [0.25, 0.3) is 11.1 Å². The highest BCUT2D eigenvalue weighted by molar-refractivity contribution is 7.99. The van der Waals surface area contributed by atoms with E-state index in [0.29, 0.717) is 27.8 Å². The summed E-state index contributed by atoms with van der Waals surface area (Å²) in [5, 5.41) is 2.70. The zero-order chi connectivity index (χ0) is 21.5. The molecule has 0 saturated carbocycles. The molecule has 1 amide bonds. The van der Waals surface area contributed by atoms with Gasteiger partial charge in [-0.25, -0.2) is 4.79 Å². The number of benzene rings is 3. The van der Waals surface area contributed by atoms with Crippen LogP contribution in [0.3, 0.4) is 0 Å². The minimum atomic E-state index is -2.46. The number of thioether (sulfide) groups is 1. The Morgan fingerprint density at radius 2 is 1.43 bits per heavy atom. The third-order valence-corrected chi connectivity index (χ3v) is 5.13. The predicted octanol–water partition coefficient (Wildman–Crippen LogP) is 5.31. The van der Waals surface area contributed by atoms with Crippen molar-refractivity contribution in [3.63, 3.8) is 0 Å². The summed E-state index contributed by atoms with van der Waals surface area (Å²) in [5.74, 6) is -3.43. The number of carbonyl (C=O) groups excluding carboxylic acids is 2. The quantitative estimate of drug-likeness (QED) is 0.410. The van der Waals surface area contributed by atoms with Crippen LogP contribution in [0.15, 0.2) is 83.8 Å². The van der Waals surface area contributed by atoms with Crippen molar-refractivity contribution in [2.24, 2.45) is 0 Å². The van der Waals surface area contributed by atoms with Crippen LogP contribution in [0.4, 0.5) is 8.78 Å². The molecule has 3 aromatic rings. The second-order valence-electron chi connectivity index (χ2n) is 6.32. The lowest BCUT2D eigenvalue weighted by Gasteiger charge is -2.17. The SMILES string of the molecule is COC(=O)C(NC(=O)c1ccccc1)c1ccc(-c2ccc(SC(F)F)cc2)cc1. The number of nitrogens with one attached hydrogen (secondary N) is 1. The van der Waals surface area contributed by atoms with Crippen LogP contribution in [-0.2, 0) is 9.53 Å². The largest absolute Gasteiger partial charge is 0.467 e. The van der Waals surface area contributed by atoms with Gasteiger partial charge in [-0.2, -0.15) is 8.78 Å². The molecule has 0 aliphatic rings. The zero-order valence-corrected chi connectivity index (χ0v) is 16.9. The van der Waals surface area contributed by atoms with E-state index in [1.54, 1.807) is 78.9 Å². The van der Waals surface area contributed by atoms with Gasteiger partial charge in [-0.1, -0.05) is 66.4 Å². The van der Waals surface area contributed by atoms with Gasteiger partial charge in [-0.05, 0) is 41.0 Å². The third kappa shape index (κ3) is 5.45. The molecule has 3 rings (SSSR count). The van der Waals surface area contributed by atoms with Crippen LogP contribution >= 0.6 is 11.8 Å². The Kier molecular flexibility index (Phi) is 7.19. The Hall–Kier alpha value is -3.19. The van der Waals surface area contributed by atoms with Gasteiger partial charge in [0.1, 0.15) is 0 Å². The lowest BCUT2D eigenvalue weighted by Crippen LogP contribution is -2.34. The molecule has 1 atom stereocenters. The first-order valence-electron chi connectivity index (χ1n) is 9.07. The van der Waals surface area contributed by atoms with Gasteiger partial charge in [0.15, 0.2) is 6.04 Å². The number of hydrogen-bond acceptors (Lipinski definition) is 4. The fourth-order valence-corrected chi connectivity index (χ4v) is 3.40. The van der Waals surface area contributed by atoms with Crippen LogP contribution in [0.1, 0.15) is 22.0 Å². The molecule has 4 nitrogen and oxygen atoms in total. The average Bonchev–Trinajstić information content (AvgIpc) is 2.77. The molecule has 0 fully saturated rings. The second kappa shape index (κ2) is 10.0. The Morgan fingerprint density at radius 1 is 0.867 bits per heavy atom. The van der Waals surface area contributed by atoms with Crippen LogP contribution in [0.5, 0.6) is 0 Å². The summed E-state index contributed by atoms with van der Waals surface area (Å²) in [7, 11) is 1.26. The van der Waals surface area contributed by atoms with E-state index >= 15 is 0 Å². The predicted molar refractivity (Wildman–Crippen MR) is 112 cm³/mol. The van der Waals surface area contributed by atoms with Crippen LogP contribution < -0.4 is 5.32 Å². The highest BCUT2D eigenvalue weighted by Crippen LogP contribution is 2.28. The van der Waals surface area contributed by atoms with Gasteiger partial charge in [-0.15, -0.1) is 0 Å². The van der Waals surface area contributed by atoms with Crippen molar-refractivity contribution in [2.45, 2.75) is 16.7 Å². The molecule has 0 heterocycles. The van der Waals surface area contributed by atoms with E-state index in [9.17, 15) is 18.4 Å². The standard InChI is InChI=1S/C23H19F2NO3S/c1-29-22(28)20(26-21(27)18-5-3-2-4-6-18)17-9-7-15(8-10-17)16-11-13-19(14-12-16)30-23(24)25/h2-14,20,23H,1H3,(H,26,27). The van der Waals surface area contributed by atoms with Crippen LogP contribution in [0.2, 0.25) is 0 Å². The van der Waals surface area contributed by atoms with E-state index in [2.05, 4.69) is 5.32 Å². The number of hydrogen-bond donors (Lipinski definition) is 1. The Bertz CT molecular complexity index is 993. The van der Waals surface area contributed by atoms with Crippen molar-refractivity contribution in [2.75, 3.05) is 7.11 Å². The molecule has 0 spiro atoms. The lowest BCUT2D eigenvalue weighted by atomic mass is 10.0. The van der Waals surface area contributed by atoms with E-state index in [1.807, 2.05) is 0 Å². The fourth-order valence-electron chi connectivity index (χ4n) is 2.90. The van der Waals surface area contributed by atoms with E-state index in [-0.39, 0.29) is 5.91 Å². The molecule has 154 valence electrons. The molecule has 0 bridgehead atoms.